The van der Waals surface area contributed by atoms with Crippen LogP contribution in [0.4, 0.5) is 17.6 Å². The summed E-state index contributed by atoms with van der Waals surface area (Å²) in [5.41, 5.74) is -1.93. The van der Waals surface area contributed by atoms with Crippen LogP contribution < -0.4 is 0 Å². The van der Waals surface area contributed by atoms with Gasteiger partial charge in [0.25, 0.3) is 0 Å². The fourth-order valence-electron chi connectivity index (χ4n) is 0.700. The summed E-state index contributed by atoms with van der Waals surface area (Å²) in [6, 6.07) is 0.363. The van der Waals surface area contributed by atoms with Gasteiger partial charge in [0.05, 0.1) is 11.8 Å². The molecule has 0 unspecified atom stereocenters. The van der Waals surface area contributed by atoms with Crippen molar-refractivity contribution in [2.24, 2.45) is 0 Å². The molecule has 0 bridgehead atoms. The van der Waals surface area contributed by atoms with Gasteiger partial charge in [0.1, 0.15) is 5.69 Å². The molecule has 0 atom stereocenters. The molecular formula is C7H3F4NO. The Morgan fingerprint density at radius 1 is 1.38 bits per heavy atom. The second-order valence-electron chi connectivity index (χ2n) is 2.21. The molecule has 1 heterocycles. The van der Waals surface area contributed by atoms with Crippen molar-refractivity contribution in [3.63, 3.8) is 0 Å². The van der Waals surface area contributed by atoms with Crippen molar-refractivity contribution in [1.82, 2.24) is 4.98 Å². The molecule has 0 aliphatic carbocycles. The highest BCUT2D eigenvalue weighted by atomic mass is 19.4. The number of pyridine rings is 1. The highest BCUT2D eigenvalue weighted by Gasteiger charge is 2.32. The minimum atomic E-state index is -4.66. The summed E-state index contributed by atoms with van der Waals surface area (Å²) in [5.74, 6) is -1.07. The number of alkyl halides is 3. The topological polar surface area (TPSA) is 30.0 Å². The van der Waals surface area contributed by atoms with Crippen LogP contribution in [-0.4, -0.2) is 11.3 Å². The number of hydrogen-bond acceptors (Lipinski definition) is 2. The Kier molecular flexibility index (Phi) is 2.31. The molecule has 0 spiro atoms. The Morgan fingerprint density at radius 3 is 2.46 bits per heavy atom. The molecule has 70 valence electrons. The predicted molar refractivity (Wildman–Crippen MR) is 34.6 cm³/mol. The highest BCUT2D eigenvalue weighted by Crippen LogP contribution is 2.27. The summed E-state index contributed by atoms with van der Waals surface area (Å²) in [6.45, 7) is 0. The summed E-state index contributed by atoms with van der Waals surface area (Å²) in [4.78, 5) is 12.9. The third kappa shape index (κ3) is 2.01. The van der Waals surface area contributed by atoms with Gasteiger partial charge in [-0.1, -0.05) is 0 Å². The number of aldehydes is 1. The maximum atomic E-state index is 12.5. The molecule has 1 aromatic heterocycles. The van der Waals surface area contributed by atoms with Gasteiger partial charge in [-0.3, -0.25) is 4.79 Å². The number of rotatable bonds is 1. The highest BCUT2D eigenvalue weighted by molar-refractivity contribution is 5.75. The number of carbonyl (C=O) groups is 1. The third-order valence-corrected chi connectivity index (χ3v) is 1.30. The van der Waals surface area contributed by atoms with Crippen LogP contribution in [0, 0.1) is 5.82 Å². The van der Waals surface area contributed by atoms with Crippen LogP contribution in [0.2, 0.25) is 0 Å². The molecule has 2 nitrogen and oxygen atoms in total. The Morgan fingerprint density at radius 2 is 2.00 bits per heavy atom. The van der Waals surface area contributed by atoms with Gasteiger partial charge in [-0.05, 0) is 6.07 Å². The van der Waals surface area contributed by atoms with Gasteiger partial charge in [0.15, 0.2) is 12.1 Å². The second-order valence-corrected chi connectivity index (χ2v) is 2.21. The van der Waals surface area contributed by atoms with Crippen LogP contribution in [-0.2, 0) is 6.18 Å². The summed E-state index contributed by atoms with van der Waals surface area (Å²) >= 11 is 0. The van der Waals surface area contributed by atoms with Crippen LogP contribution >= 0.6 is 0 Å². The first-order valence-corrected chi connectivity index (χ1v) is 3.13. The van der Waals surface area contributed by atoms with Crippen LogP contribution in [0.25, 0.3) is 0 Å². The molecule has 0 radical (unpaired) electrons. The summed E-state index contributed by atoms with van der Waals surface area (Å²) < 4.78 is 48.3. The Labute approximate surface area is 70.2 Å². The molecule has 0 saturated heterocycles. The molecule has 0 N–H and O–H groups in total. The van der Waals surface area contributed by atoms with Gasteiger partial charge in [0, 0.05) is 0 Å². The van der Waals surface area contributed by atoms with E-state index in [9.17, 15) is 22.4 Å². The molecule has 0 aliphatic rings. The zero-order chi connectivity index (χ0) is 10.1. The average Bonchev–Trinajstić information content (AvgIpc) is 2.03. The molecule has 13 heavy (non-hydrogen) atoms. The predicted octanol–water partition coefficient (Wildman–Crippen LogP) is 2.05. The summed E-state index contributed by atoms with van der Waals surface area (Å²) in [7, 11) is 0. The first-order valence-electron chi connectivity index (χ1n) is 3.13. The number of aromatic nitrogens is 1. The second kappa shape index (κ2) is 3.12. The Balaban J connectivity index is 3.21. The monoisotopic (exact) mass is 193 g/mol. The van der Waals surface area contributed by atoms with Crippen LogP contribution in [0.3, 0.4) is 0 Å². The van der Waals surface area contributed by atoms with E-state index >= 15 is 0 Å². The first kappa shape index (κ1) is 9.63. The van der Waals surface area contributed by atoms with Gasteiger partial charge in [-0.25, -0.2) is 9.37 Å². The number of halogens is 4. The van der Waals surface area contributed by atoms with Crippen molar-refractivity contribution in [1.29, 1.82) is 0 Å². The lowest BCUT2D eigenvalue weighted by Crippen LogP contribution is -2.09. The minimum absolute atomic E-state index is 0.00620. The van der Waals surface area contributed by atoms with Crippen LogP contribution in [0.1, 0.15) is 16.1 Å². The fourth-order valence-corrected chi connectivity index (χ4v) is 0.700. The molecule has 6 heteroatoms. The molecule has 1 aromatic rings. The van der Waals surface area contributed by atoms with E-state index in [1.54, 1.807) is 0 Å². The molecule has 0 saturated carbocycles. The zero-order valence-corrected chi connectivity index (χ0v) is 6.10. The van der Waals surface area contributed by atoms with Crippen molar-refractivity contribution < 1.29 is 22.4 Å². The standard InChI is InChI=1S/C7H3F4NO/c8-5-2-12-6(7(9,10)11)1-4(5)3-13/h1-3H. The van der Waals surface area contributed by atoms with Gasteiger partial charge in [0.2, 0.25) is 0 Å². The van der Waals surface area contributed by atoms with E-state index in [0.717, 1.165) is 0 Å². The van der Waals surface area contributed by atoms with Crippen molar-refractivity contribution in [3.8, 4) is 0 Å². The van der Waals surface area contributed by atoms with Gasteiger partial charge >= 0.3 is 6.18 Å². The van der Waals surface area contributed by atoms with E-state index in [0.29, 0.717) is 12.3 Å². The maximum Gasteiger partial charge on any atom is 0.433 e. The summed E-state index contributed by atoms with van der Waals surface area (Å²) in [5, 5.41) is 0. The number of carbonyl (C=O) groups excluding carboxylic acids is 1. The van der Waals surface area contributed by atoms with E-state index < -0.39 is 23.3 Å². The third-order valence-electron chi connectivity index (χ3n) is 1.30. The van der Waals surface area contributed by atoms with Crippen molar-refractivity contribution in [2.75, 3.05) is 0 Å². The maximum absolute atomic E-state index is 12.5. The molecular weight excluding hydrogens is 190 g/mol. The first-order chi connectivity index (χ1) is 5.95. The van der Waals surface area contributed by atoms with E-state index in [2.05, 4.69) is 4.98 Å². The number of nitrogens with zero attached hydrogens (tertiary/aromatic N) is 1. The van der Waals surface area contributed by atoms with E-state index in [4.69, 9.17) is 0 Å². The Hall–Kier alpha value is -1.46. The largest absolute Gasteiger partial charge is 0.433 e. The zero-order valence-electron chi connectivity index (χ0n) is 6.10. The summed E-state index contributed by atoms with van der Waals surface area (Å²) in [6.07, 6.45) is -4.29. The van der Waals surface area contributed by atoms with Gasteiger partial charge in [-0.15, -0.1) is 0 Å². The van der Waals surface area contributed by atoms with Crippen LogP contribution in [0.5, 0.6) is 0 Å². The molecule has 0 amide bonds. The van der Waals surface area contributed by atoms with Crippen molar-refractivity contribution >= 4 is 6.29 Å². The quantitative estimate of drug-likeness (QED) is 0.504. The van der Waals surface area contributed by atoms with Crippen molar-refractivity contribution in [3.05, 3.63) is 29.3 Å². The fraction of sp³-hybridized carbons (Fsp3) is 0.143. The number of hydrogen-bond donors (Lipinski definition) is 0. The molecule has 1 rings (SSSR count). The smallest absolute Gasteiger partial charge is 0.298 e. The van der Waals surface area contributed by atoms with E-state index in [-0.39, 0.29) is 6.29 Å². The lowest BCUT2D eigenvalue weighted by atomic mass is 10.2. The van der Waals surface area contributed by atoms with Crippen molar-refractivity contribution in [2.45, 2.75) is 6.18 Å². The molecule has 0 aliphatic heterocycles. The van der Waals surface area contributed by atoms with E-state index in [1.807, 2.05) is 0 Å². The lowest BCUT2D eigenvalue weighted by Gasteiger charge is -2.05. The normalized spacial score (nSPS) is 11.4. The van der Waals surface area contributed by atoms with Gasteiger partial charge in [-0.2, -0.15) is 13.2 Å². The molecule has 0 aromatic carbocycles. The molecule has 0 fully saturated rings. The average molecular weight is 193 g/mol. The Bertz CT molecular complexity index is 334. The SMILES string of the molecule is O=Cc1cc(C(F)(F)F)ncc1F. The van der Waals surface area contributed by atoms with E-state index in [1.165, 1.54) is 0 Å². The van der Waals surface area contributed by atoms with Gasteiger partial charge < -0.3 is 0 Å². The minimum Gasteiger partial charge on any atom is -0.298 e. The van der Waals surface area contributed by atoms with Crippen LogP contribution in [0.15, 0.2) is 12.3 Å². The lowest BCUT2D eigenvalue weighted by molar-refractivity contribution is -0.141.